The van der Waals surface area contributed by atoms with E-state index >= 15 is 0 Å². The van der Waals surface area contributed by atoms with Crippen LogP contribution in [0.3, 0.4) is 0 Å². The fourth-order valence-corrected chi connectivity index (χ4v) is 6.05. The van der Waals surface area contributed by atoms with Crippen LogP contribution in [0.5, 0.6) is 0 Å². The Bertz CT molecular complexity index is 572. The van der Waals surface area contributed by atoms with E-state index in [2.05, 4.69) is 48.2 Å². The first-order chi connectivity index (χ1) is 12.2. The molecule has 0 aromatic heterocycles. The van der Waals surface area contributed by atoms with Gasteiger partial charge in [-0.05, 0) is 49.5 Å². The molecule has 0 amide bonds. The van der Waals surface area contributed by atoms with Gasteiger partial charge in [-0.1, -0.05) is 42.5 Å². The molecule has 0 aliphatic carbocycles. The highest BCUT2D eigenvalue weighted by molar-refractivity contribution is 8.01. The molecule has 0 saturated carbocycles. The maximum absolute atomic E-state index is 10.5. The largest absolute Gasteiger partial charge is 0.481 e. The number of carboxylic acids is 1. The number of carboxylic acid groups (broad SMARTS) is 1. The summed E-state index contributed by atoms with van der Waals surface area (Å²) in [7, 11) is 0. The summed E-state index contributed by atoms with van der Waals surface area (Å²) in [6, 6.07) is 10.4. The molecule has 1 aromatic carbocycles. The lowest BCUT2D eigenvalue weighted by molar-refractivity contribution is -0.137. The number of unbranched alkanes of at least 4 members (excludes halogenated alkanes) is 1. The topological polar surface area (TPSA) is 46.5 Å². The summed E-state index contributed by atoms with van der Waals surface area (Å²) in [6.45, 7) is 1.57. The van der Waals surface area contributed by atoms with Gasteiger partial charge in [0, 0.05) is 16.9 Å². The molecule has 2 aliphatic heterocycles. The average Bonchev–Trinajstić information content (AvgIpc) is 3.21. The van der Waals surface area contributed by atoms with Crippen molar-refractivity contribution in [1.82, 2.24) is 0 Å². The summed E-state index contributed by atoms with van der Waals surface area (Å²) >= 11 is 2.17. The highest BCUT2D eigenvalue weighted by Gasteiger charge is 2.47. The second kappa shape index (κ2) is 9.44. The van der Waals surface area contributed by atoms with Crippen LogP contribution in [-0.4, -0.2) is 28.2 Å². The minimum absolute atomic E-state index is 0.268. The molecule has 2 saturated heterocycles. The lowest BCUT2D eigenvalue weighted by Crippen LogP contribution is -2.30. The monoisotopic (exact) mass is 360 g/mol. The Kier molecular flexibility index (Phi) is 7.00. The normalized spacial score (nSPS) is 28.0. The van der Waals surface area contributed by atoms with E-state index in [1.807, 2.05) is 6.07 Å². The maximum atomic E-state index is 10.5. The first-order valence-electron chi connectivity index (χ1n) is 9.38. The van der Waals surface area contributed by atoms with Crippen LogP contribution in [-0.2, 0) is 16.1 Å². The van der Waals surface area contributed by atoms with Crippen molar-refractivity contribution < 1.29 is 14.6 Å². The molecular weight excluding hydrogens is 332 g/mol. The van der Waals surface area contributed by atoms with E-state index in [1.165, 1.54) is 18.4 Å². The van der Waals surface area contributed by atoms with Gasteiger partial charge in [0.25, 0.3) is 0 Å². The molecule has 4 atom stereocenters. The van der Waals surface area contributed by atoms with Gasteiger partial charge in [-0.2, -0.15) is 11.8 Å². The molecule has 1 N–H and O–H groups in total. The fourth-order valence-electron chi connectivity index (χ4n) is 4.06. The van der Waals surface area contributed by atoms with Crippen LogP contribution in [0.15, 0.2) is 42.5 Å². The average molecular weight is 361 g/mol. The van der Waals surface area contributed by atoms with Crippen molar-refractivity contribution in [2.24, 2.45) is 11.8 Å². The molecule has 3 nitrogen and oxygen atoms in total. The van der Waals surface area contributed by atoms with Gasteiger partial charge in [0.2, 0.25) is 0 Å². The summed E-state index contributed by atoms with van der Waals surface area (Å²) in [5.41, 5.74) is 1.24. The van der Waals surface area contributed by atoms with Crippen molar-refractivity contribution in [1.29, 1.82) is 0 Å². The van der Waals surface area contributed by atoms with Crippen molar-refractivity contribution in [3.8, 4) is 0 Å². The van der Waals surface area contributed by atoms with Crippen molar-refractivity contribution in [2.45, 2.75) is 55.6 Å². The number of aliphatic carboxylic acids is 1. The molecule has 0 unspecified atom stereocenters. The molecule has 2 heterocycles. The van der Waals surface area contributed by atoms with Gasteiger partial charge < -0.3 is 9.84 Å². The fraction of sp³-hybridized carbons (Fsp3) is 0.571. The van der Waals surface area contributed by atoms with Crippen LogP contribution < -0.4 is 0 Å². The second-order valence-corrected chi connectivity index (χ2v) is 8.60. The number of hydrogen-bond donors (Lipinski definition) is 1. The van der Waals surface area contributed by atoms with Gasteiger partial charge in [-0.25, -0.2) is 0 Å². The maximum Gasteiger partial charge on any atom is 0.303 e. The van der Waals surface area contributed by atoms with Crippen LogP contribution in [0.1, 0.15) is 44.1 Å². The highest BCUT2D eigenvalue weighted by Crippen LogP contribution is 2.54. The highest BCUT2D eigenvalue weighted by atomic mass is 32.2. The second-order valence-electron chi connectivity index (χ2n) is 7.11. The zero-order valence-electron chi connectivity index (χ0n) is 14.7. The molecule has 25 heavy (non-hydrogen) atoms. The van der Waals surface area contributed by atoms with Crippen LogP contribution in [0, 0.1) is 11.8 Å². The third kappa shape index (κ3) is 5.35. The van der Waals surface area contributed by atoms with Crippen LogP contribution >= 0.6 is 11.8 Å². The molecule has 2 aliphatic rings. The SMILES string of the molecule is O=C(O)CCC/C=C\C[C@@H]1[C@H](COCc2ccccc2)[C@@H]2CC[C@H]1S2. The van der Waals surface area contributed by atoms with E-state index in [-0.39, 0.29) is 6.42 Å². The summed E-state index contributed by atoms with van der Waals surface area (Å²) in [5, 5.41) is 10.2. The number of hydrogen-bond acceptors (Lipinski definition) is 3. The molecular formula is C21H28O3S. The summed E-state index contributed by atoms with van der Waals surface area (Å²) in [5.74, 6) is 0.680. The van der Waals surface area contributed by atoms with E-state index in [1.54, 1.807) is 0 Å². The standard InChI is InChI=1S/C21H28O3S/c22-21(23)11-7-2-1-6-10-17-18(20-13-12-19(17)25-20)15-24-14-16-8-4-3-5-9-16/h1,3-6,8-9,17-20H,2,7,10-15H2,(H,22,23)/b6-1-/t17-,18+,19-,20+/m1/s1. The predicted octanol–water partition coefficient (Wildman–Crippen LogP) is 4.91. The zero-order valence-corrected chi connectivity index (χ0v) is 15.5. The molecule has 0 radical (unpaired) electrons. The Morgan fingerprint density at radius 2 is 1.92 bits per heavy atom. The Morgan fingerprint density at radius 3 is 2.68 bits per heavy atom. The quantitative estimate of drug-likeness (QED) is 0.475. The number of fused-ring (bicyclic) bond motifs is 2. The Labute approximate surface area is 154 Å². The number of rotatable bonds is 10. The third-order valence-corrected chi connectivity index (χ3v) is 7.22. The number of ether oxygens (including phenoxy) is 1. The first kappa shape index (κ1) is 18.5. The number of thioether (sulfide) groups is 1. The summed E-state index contributed by atoms with van der Waals surface area (Å²) in [4.78, 5) is 10.5. The van der Waals surface area contributed by atoms with E-state index < -0.39 is 5.97 Å². The van der Waals surface area contributed by atoms with Gasteiger partial charge in [0.05, 0.1) is 13.2 Å². The molecule has 136 valence electrons. The number of carbonyl (C=O) groups is 1. The van der Waals surface area contributed by atoms with Gasteiger partial charge in [0.15, 0.2) is 0 Å². The lowest BCUT2D eigenvalue weighted by atomic mass is 9.78. The van der Waals surface area contributed by atoms with Crippen LogP contribution in [0.25, 0.3) is 0 Å². The number of benzene rings is 1. The molecule has 0 spiro atoms. The molecule has 2 bridgehead atoms. The first-order valence-corrected chi connectivity index (χ1v) is 10.3. The van der Waals surface area contributed by atoms with Crippen molar-refractivity contribution >= 4 is 17.7 Å². The smallest absolute Gasteiger partial charge is 0.303 e. The Balaban J connectivity index is 1.43. The zero-order chi connectivity index (χ0) is 17.5. The lowest BCUT2D eigenvalue weighted by Gasteiger charge is -2.29. The van der Waals surface area contributed by atoms with Gasteiger partial charge in [-0.3, -0.25) is 4.79 Å². The van der Waals surface area contributed by atoms with E-state index in [0.29, 0.717) is 12.5 Å². The van der Waals surface area contributed by atoms with E-state index in [4.69, 9.17) is 9.84 Å². The predicted molar refractivity (Wildman–Crippen MR) is 103 cm³/mol. The Morgan fingerprint density at radius 1 is 1.16 bits per heavy atom. The molecule has 2 fully saturated rings. The summed E-state index contributed by atoms with van der Waals surface area (Å²) in [6.07, 6.45) is 10.1. The van der Waals surface area contributed by atoms with Crippen molar-refractivity contribution in [3.63, 3.8) is 0 Å². The summed E-state index contributed by atoms with van der Waals surface area (Å²) < 4.78 is 6.06. The third-order valence-electron chi connectivity index (χ3n) is 5.35. The van der Waals surface area contributed by atoms with E-state index in [9.17, 15) is 4.79 Å². The molecule has 4 heteroatoms. The minimum atomic E-state index is -0.700. The molecule has 3 rings (SSSR count). The number of allylic oxidation sites excluding steroid dienone is 2. The Hall–Kier alpha value is -1.26. The van der Waals surface area contributed by atoms with Gasteiger partial charge in [0.1, 0.15) is 0 Å². The van der Waals surface area contributed by atoms with E-state index in [0.717, 1.165) is 42.3 Å². The minimum Gasteiger partial charge on any atom is -0.481 e. The van der Waals surface area contributed by atoms with Crippen LogP contribution in [0.4, 0.5) is 0 Å². The van der Waals surface area contributed by atoms with Crippen LogP contribution in [0.2, 0.25) is 0 Å². The molecule has 1 aromatic rings. The van der Waals surface area contributed by atoms with Gasteiger partial charge in [-0.15, -0.1) is 0 Å². The van der Waals surface area contributed by atoms with Crippen molar-refractivity contribution in [2.75, 3.05) is 6.61 Å². The van der Waals surface area contributed by atoms with Crippen molar-refractivity contribution in [3.05, 3.63) is 48.0 Å². The van der Waals surface area contributed by atoms with Gasteiger partial charge >= 0.3 is 5.97 Å².